The average Bonchev–Trinajstić information content (AvgIpc) is 2.68. The molecule has 4 aliphatic carbocycles. The normalized spacial score (nSPS) is 36.1. The number of rotatable bonds is 4. The fourth-order valence-corrected chi connectivity index (χ4v) is 8.66. The molecule has 6 rings (SSSR count). The average molecular weight is 451 g/mol. The van der Waals surface area contributed by atoms with E-state index in [1.54, 1.807) is 25.1 Å². The third-order valence-corrected chi connectivity index (χ3v) is 10.2. The predicted octanol–water partition coefficient (Wildman–Crippen LogP) is 4.13. The fourth-order valence-electron chi connectivity index (χ4n) is 6.93. The molecule has 1 saturated heterocycles. The van der Waals surface area contributed by atoms with Crippen LogP contribution in [0.3, 0.4) is 0 Å². The number of piperidine rings is 1. The maximum atomic E-state index is 13.2. The molecular weight excluding hydrogens is 420 g/mol. The van der Waals surface area contributed by atoms with E-state index in [9.17, 15) is 13.2 Å². The maximum Gasteiger partial charge on any atom is 0.243 e. The highest BCUT2D eigenvalue weighted by molar-refractivity contribution is 7.89. The SMILES string of the molecule is Cc1cc(S(=O)(=O)N2CCCC(C(=O)NC34CC5CC(CC(C5)C3)C4)C2)ccc1Cl. The standard InChI is InChI=1S/C23H31ClN2O3S/c1-15-7-20(4-5-21(15)24)30(28,29)26-6-2-3-19(14-26)22(27)25-23-11-16-8-17(12-23)10-18(9-16)13-23/h4-5,7,16-19H,2-3,6,8-14H2,1H3,(H,25,27). The minimum Gasteiger partial charge on any atom is -0.350 e. The van der Waals surface area contributed by atoms with Gasteiger partial charge in [-0.05, 0) is 99.8 Å². The molecule has 1 atom stereocenters. The summed E-state index contributed by atoms with van der Waals surface area (Å²) < 4.78 is 27.8. The Morgan fingerprint density at radius 3 is 2.37 bits per heavy atom. The fraction of sp³-hybridized carbons (Fsp3) is 0.696. The van der Waals surface area contributed by atoms with Gasteiger partial charge in [-0.1, -0.05) is 11.6 Å². The van der Waals surface area contributed by atoms with Gasteiger partial charge < -0.3 is 5.32 Å². The van der Waals surface area contributed by atoms with E-state index in [1.807, 2.05) is 0 Å². The Kier molecular flexibility index (Phi) is 5.19. The van der Waals surface area contributed by atoms with E-state index in [0.29, 0.717) is 18.0 Å². The summed E-state index contributed by atoms with van der Waals surface area (Å²) >= 11 is 6.07. The number of halogens is 1. The number of carbonyl (C=O) groups excluding carboxylic acids is 1. The first-order valence-electron chi connectivity index (χ1n) is 11.3. The Morgan fingerprint density at radius 1 is 1.13 bits per heavy atom. The van der Waals surface area contributed by atoms with Crippen LogP contribution in [0.1, 0.15) is 56.9 Å². The lowest BCUT2D eigenvalue weighted by atomic mass is 9.53. The number of aryl methyl sites for hydroxylation is 1. The van der Waals surface area contributed by atoms with E-state index in [2.05, 4.69) is 5.32 Å². The molecule has 0 radical (unpaired) electrons. The van der Waals surface area contributed by atoms with Crippen molar-refractivity contribution in [2.45, 2.75) is 68.7 Å². The zero-order valence-electron chi connectivity index (χ0n) is 17.6. The summed E-state index contributed by atoms with van der Waals surface area (Å²) in [5.41, 5.74) is 0.714. The largest absolute Gasteiger partial charge is 0.350 e. The van der Waals surface area contributed by atoms with Crippen LogP contribution in [0.25, 0.3) is 0 Å². The lowest BCUT2D eigenvalue weighted by Crippen LogP contribution is -2.61. The molecule has 5 nitrogen and oxygen atoms in total. The number of amides is 1. The van der Waals surface area contributed by atoms with E-state index in [4.69, 9.17) is 11.6 Å². The van der Waals surface area contributed by atoms with Crippen molar-refractivity contribution in [3.8, 4) is 0 Å². The monoisotopic (exact) mass is 450 g/mol. The molecule has 7 heteroatoms. The van der Waals surface area contributed by atoms with E-state index in [0.717, 1.165) is 49.0 Å². The Hall–Kier alpha value is -1.11. The number of hydrogen-bond acceptors (Lipinski definition) is 3. The molecule has 1 aromatic rings. The maximum absolute atomic E-state index is 13.2. The molecule has 4 saturated carbocycles. The second-order valence-corrected chi connectivity index (χ2v) is 12.6. The lowest BCUT2D eigenvalue weighted by Gasteiger charge is -2.57. The van der Waals surface area contributed by atoms with Crippen molar-refractivity contribution in [2.24, 2.45) is 23.7 Å². The van der Waals surface area contributed by atoms with Crippen LogP contribution in [0.2, 0.25) is 5.02 Å². The van der Waals surface area contributed by atoms with Crippen LogP contribution >= 0.6 is 11.6 Å². The Labute approximate surface area is 184 Å². The van der Waals surface area contributed by atoms with Gasteiger partial charge in [0.25, 0.3) is 0 Å². The number of carbonyl (C=O) groups is 1. The zero-order valence-corrected chi connectivity index (χ0v) is 19.1. The summed E-state index contributed by atoms with van der Waals surface area (Å²) in [6, 6.07) is 4.81. The summed E-state index contributed by atoms with van der Waals surface area (Å²) in [6.07, 6.45) is 8.83. The van der Waals surface area contributed by atoms with Gasteiger partial charge in [0.2, 0.25) is 15.9 Å². The first-order valence-corrected chi connectivity index (χ1v) is 13.1. The highest BCUT2D eigenvalue weighted by Gasteiger charge is 2.52. The van der Waals surface area contributed by atoms with Crippen molar-refractivity contribution >= 4 is 27.5 Å². The minimum absolute atomic E-state index is 0.0275. The molecule has 1 heterocycles. The molecule has 1 N–H and O–H groups in total. The van der Waals surface area contributed by atoms with Gasteiger partial charge in [-0.2, -0.15) is 4.31 Å². The van der Waals surface area contributed by atoms with Crippen molar-refractivity contribution in [2.75, 3.05) is 13.1 Å². The highest BCUT2D eigenvalue weighted by atomic mass is 35.5. The molecule has 1 aliphatic heterocycles. The summed E-state index contributed by atoms with van der Waals surface area (Å²) in [5, 5.41) is 4.00. The third kappa shape index (κ3) is 3.69. The molecule has 4 bridgehead atoms. The van der Waals surface area contributed by atoms with Gasteiger partial charge in [0, 0.05) is 23.7 Å². The number of hydrogen-bond donors (Lipinski definition) is 1. The number of nitrogens with one attached hydrogen (secondary N) is 1. The number of benzene rings is 1. The highest BCUT2D eigenvalue weighted by Crippen LogP contribution is 2.55. The van der Waals surface area contributed by atoms with E-state index in [1.165, 1.54) is 23.6 Å². The van der Waals surface area contributed by atoms with Gasteiger partial charge >= 0.3 is 0 Å². The summed E-state index contributed by atoms with van der Waals surface area (Å²) in [6.45, 7) is 2.53. The van der Waals surface area contributed by atoms with Crippen LogP contribution in [0.5, 0.6) is 0 Å². The van der Waals surface area contributed by atoms with Crippen molar-refractivity contribution in [1.29, 1.82) is 0 Å². The molecular formula is C23H31ClN2O3S. The molecule has 0 aromatic heterocycles. The van der Waals surface area contributed by atoms with Crippen LogP contribution in [0.4, 0.5) is 0 Å². The Balaban J connectivity index is 1.29. The molecule has 1 amide bonds. The molecule has 1 aromatic carbocycles. The van der Waals surface area contributed by atoms with Crippen LogP contribution in [0, 0.1) is 30.6 Å². The van der Waals surface area contributed by atoms with Crippen molar-refractivity contribution in [3.05, 3.63) is 28.8 Å². The van der Waals surface area contributed by atoms with Crippen LogP contribution in [0.15, 0.2) is 23.1 Å². The van der Waals surface area contributed by atoms with E-state index >= 15 is 0 Å². The smallest absolute Gasteiger partial charge is 0.243 e. The molecule has 0 spiro atoms. The van der Waals surface area contributed by atoms with Gasteiger partial charge in [0.15, 0.2) is 0 Å². The molecule has 5 fully saturated rings. The first kappa shape index (κ1) is 20.8. The second kappa shape index (κ2) is 7.49. The summed E-state index contributed by atoms with van der Waals surface area (Å²) in [4.78, 5) is 13.5. The molecule has 30 heavy (non-hydrogen) atoms. The van der Waals surface area contributed by atoms with E-state index in [-0.39, 0.29) is 28.8 Å². The third-order valence-electron chi connectivity index (χ3n) is 7.95. The second-order valence-electron chi connectivity index (χ2n) is 10.3. The number of nitrogens with zero attached hydrogens (tertiary/aromatic N) is 1. The quantitative estimate of drug-likeness (QED) is 0.749. The minimum atomic E-state index is -3.63. The topological polar surface area (TPSA) is 66.5 Å². The van der Waals surface area contributed by atoms with Crippen LogP contribution in [-0.2, 0) is 14.8 Å². The predicted molar refractivity (Wildman–Crippen MR) is 117 cm³/mol. The molecule has 1 unspecified atom stereocenters. The van der Waals surface area contributed by atoms with Gasteiger partial charge in [0.1, 0.15) is 0 Å². The van der Waals surface area contributed by atoms with Gasteiger partial charge in [0.05, 0.1) is 10.8 Å². The van der Waals surface area contributed by atoms with Gasteiger partial charge in [-0.25, -0.2) is 8.42 Å². The first-order chi connectivity index (χ1) is 14.2. The number of sulfonamides is 1. The van der Waals surface area contributed by atoms with Crippen molar-refractivity contribution < 1.29 is 13.2 Å². The molecule has 164 valence electrons. The summed E-state index contributed by atoms with van der Waals surface area (Å²) in [7, 11) is -3.63. The molecule has 5 aliphatic rings. The van der Waals surface area contributed by atoms with Gasteiger partial charge in [-0.15, -0.1) is 0 Å². The van der Waals surface area contributed by atoms with Crippen LogP contribution < -0.4 is 5.32 Å². The Morgan fingerprint density at radius 2 is 1.77 bits per heavy atom. The Bertz CT molecular complexity index is 926. The van der Waals surface area contributed by atoms with Crippen molar-refractivity contribution in [1.82, 2.24) is 9.62 Å². The summed E-state index contributed by atoms with van der Waals surface area (Å²) in [5.74, 6) is 2.10. The van der Waals surface area contributed by atoms with E-state index < -0.39 is 10.0 Å². The zero-order chi connectivity index (χ0) is 21.1. The van der Waals surface area contributed by atoms with Crippen molar-refractivity contribution in [3.63, 3.8) is 0 Å². The lowest BCUT2D eigenvalue weighted by molar-refractivity contribution is -0.131. The van der Waals surface area contributed by atoms with Crippen LogP contribution in [-0.4, -0.2) is 37.3 Å². The van der Waals surface area contributed by atoms with Gasteiger partial charge in [-0.3, -0.25) is 4.79 Å².